The van der Waals surface area contributed by atoms with Crippen LogP contribution in [0.4, 0.5) is 0 Å². The van der Waals surface area contributed by atoms with Crippen molar-refractivity contribution in [3.8, 4) is 0 Å². The summed E-state index contributed by atoms with van der Waals surface area (Å²) in [6.45, 7) is 0. The maximum absolute atomic E-state index is 11.2. The summed E-state index contributed by atoms with van der Waals surface area (Å²) in [6, 6.07) is 7.53. The third kappa shape index (κ3) is 3.56. The van der Waals surface area contributed by atoms with Crippen molar-refractivity contribution in [2.45, 2.75) is 9.79 Å². The molecule has 0 aliphatic heterocycles. The molecule has 0 saturated heterocycles. The van der Waals surface area contributed by atoms with Gasteiger partial charge in [0.05, 0.1) is 0 Å². The second-order valence-corrected chi connectivity index (χ2v) is 6.34. The Morgan fingerprint density at radius 2 is 1.00 bits per heavy atom. The molecule has 9 heteroatoms. The largest absolute Gasteiger partial charge is 0.295 e. The van der Waals surface area contributed by atoms with Crippen LogP contribution in [0, 0.1) is 0 Å². The number of rotatable bonds is 2. The average Bonchev–Trinajstić information content (AvgIpc) is 2.24. The van der Waals surface area contributed by atoms with Crippen LogP contribution in [0.3, 0.4) is 0 Å². The van der Waals surface area contributed by atoms with E-state index >= 15 is 0 Å². The zero-order valence-electron chi connectivity index (χ0n) is 9.52. The van der Waals surface area contributed by atoms with Crippen LogP contribution in [0.1, 0.15) is 0 Å². The summed E-state index contributed by atoms with van der Waals surface area (Å²) in [5.41, 5.74) is 0. The number of hydrogen-bond donors (Lipinski definition) is 2. The first kappa shape index (κ1) is 17.1. The molecule has 19 heavy (non-hydrogen) atoms. The van der Waals surface area contributed by atoms with Crippen molar-refractivity contribution in [2.75, 3.05) is 0 Å². The normalized spacial score (nSPS) is 12.1. The van der Waals surface area contributed by atoms with Crippen LogP contribution in [-0.4, -0.2) is 71.4 Å². The summed E-state index contributed by atoms with van der Waals surface area (Å²) < 4.78 is 62.7. The van der Waals surface area contributed by atoms with Gasteiger partial charge in [0, 0.05) is 56.3 Å². The maximum Gasteiger partial charge on any atom is 0.295 e. The van der Waals surface area contributed by atoms with E-state index in [1.165, 1.54) is 24.3 Å². The molecule has 0 atom stereocenters. The van der Waals surface area contributed by atoms with Gasteiger partial charge < -0.3 is 0 Å². The molecular formula is C10H8O6S2Sr. The van der Waals surface area contributed by atoms with Gasteiger partial charge in [0.25, 0.3) is 20.2 Å². The molecule has 2 aromatic carbocycles. The van der Waals surface area contributed by atoms with Crippen molar-refractivity contribution in [1.29, 1.82) is 0 Å². The Bertz CT molecular complexity index is 755. The second-order valence-electron chi connectivity index (χ2n) is 3.56. The first-order chi connectivity index (χ1) is 8.21. The zero-order chi connectivity index (χ0) is 13.6. The fraction of sp³-hybridized carbons (Fsp3) is 0. The summed E-state index contributed by atoms with van der Waals surface area (Å²) in [5, 5.41) is 0.0465. The summed E-state index contributed by atoms with van der Waals surface area (Å²) in [4.78, 5) is -0.823. The summed E-state index contributed by atoms with van der Waals surface area (Å²) >= 11 is 0. The van der Waals surface area contributed by atoms with Crippen LogP contribution in [0.15, 0.2) is 46.2 Å². The molecule has 98 valence electrons. The minimum absolute atomic E-state index is 0. The third-order valence-corrected chi connectivity index (χ3v) is 4.22. The van der Waals surface area contributed by atoms with Gasteiger partial charge in [0.15, 0.2) is 0 Å². The standard InChI is InChI=1S/C10H8O6S2.Sr/c11-17(12,13)9-5-1-3-7-8(9)4-2-6-10(7)18(14,15)16;/h1-6H,(H,11,12,13)(H,14,15,16);. The van der Waals surface area contributed by atoms with Crippen LogP contribution in [-0.2, 0) is 20.2 Å². The molecule has 0 heterocycles. The van der Waals surface area contributed by atoms with Crippen molar-refractivity contribution in [2.24, 2.45) is 0 Å². The fourth-order valence-corrected chi connectivity index (χ4v) is 3.12. The van der Waals surface area contributed by atoms with Gasteiger partial charge in [-0.05, 0) is 12.1 Å². The van der Waals surface area contributed by atoms with E-state index in [9.17, 15) is 16.8 Å². The summed E-state index contributed by atoms with van der Waals surface area (Å²) in [6.07, 6.45) is 0. The Labute approximate surface area is 147 Å². The van der Waals surface area contributed by atoms with Gasteiger partial charge in [-0.1, -0.05) is 24.3 Å². The minimum Gasteiger partial charge on any atom is -0.282 e. The number of fused-ring (bicyclic) bond motifs is 1. The molecule has 0 fully saturated rings. The zero-order valence-corrected chi connectivity index (χ0v) is 14.6. The van der Waals surface area contributed by atoms with E-state index in [0.717, 1.165) is 12.1 Å². The fourth-order valence-electron chi connectivity index (χ4n) is 1.70. The number of benzene rings is 2. The van der Waals surface area contributed by atoms with Gasteiger partial charge in [-0.15, -0.1) is 0 Å². The van der Waals surface area contributed by atoms with E-state index in [1.54, 1.807) is 0 Å². The Morgan fingerprint density at radius 3 is 1.26 bits per heavy atom. The molecule has 0 aliphatic rings. The maximum atomic E-state index is 11.2. The Hall–Kier alpha value is 0.000519. The van der Waals surface area contributed by atoms with Crippen LogP contribution >= 0.6 is 0 Å². The van der Waals surface area contributed by atoms with E-state index in [-0.39, 0.29) is 56.3 Å². The first-order valence-corrected chi connectivity index (χ1v) is 7.56. The molecule has 0 saturated carbocycles. The second kappa shape index (κ2) is 5.78. The van der Waals surface area contributed by atoms with Crippen LogP contribution in [0.25, 0.3) is 10.8 Å². The predicted octanol–water partition coefficient (Wildman–Crippen LogP) is 0.952. The van der Waals surface area contributed by atoms with Gasteiger partial charge in [-0.25, -0.2) is 0 Å². The van der Waals surface area contributed by atoms with Crippen molar-refractivity contribution >= 4 is 76.5 Å². The Kier molecular flexibility index (Phi) is 5.19. The predicted molar refractivity (Wildman–Crippen MR) is 69.3 cm³/mol. The van der Waals surface area contributed by atoms with Gasteiger partial charge in [-0.3, -0.25) is 9.11 Å². The third-order valence-electron chi connectivity index (χ3n) is 2.40. The molecule has 6 nitrogen and oxygen atoms in total. The van der Waals surface area contributed by atoms with Crippen LogP contribution < -0.4 is 0 Å². The van der Waals surface area contributed by atoms with Gasteiger partial charge in [0.1, 0.15) is 9.79 Å². The minimum atomic E-state index is -4.47. The molecule has 0 spiro atoms. The van der Waals surface area contributed by atoms with Gasteiger partial charge in [-0.2, -0.15) is 16.8 Å². The van der Waals surface area contributed by atoms with Crippen molar-refractivity contribution in [3.63, 3.8) is 0 Å². The van der Waals surface area contributed by atoms with Crippen molar-refractivity contribution < 1.29 is 25.9 Å². The molecule has 2 aromatic rings. The SMILES string of the molecule is O=S(=O)(O)c1cccc2c(S(=O)(=O)O)cccc12.[Sr]. The molecule has 0 aromatic heterocycles. The molecule has 2 radical (unpaired) electrons. The van der Waals surface area contributed by atoms with Crippen LogP contribution in [0.5, 0.6) is 0 Å². The topological polar surface area (TPSA) is 109 Å². The molecule has 0 unspecified atom stereocenters. The van der Waals surface area contributed by atoms with E-state index in [4.69, 9.17) is 9.11 Å². The van der Waals surface area contributed by atoms with Gasteiger partial charge in [0.2, 0.25) is 0 Å². The molecule has 0 bridgehead atoms. The van der Waals surface area contributed by atoms with E-state index in [1.807, 2.05) is 0 Å². The van der Waals surface area contributed by atoms with Crippen molar-refractivity contribution in [3.05, 3.63) is 36.4 Å². The number of hydrogen-bond acceptors (Lipinski definition) is 4. The first-order valence-electron chi connectivity index (χ1n) is 4.68. The van der Waals surface area contributed by atoms with E-state index < -0.39 is 30.0 Å². The van der Waals surface area contributed by atoms with Crippen LogP contribution in [0.2, 0.25) is 0 Å². The summed E-state index contributed by atoms with van der Waals surface area (Å²) in [5.74, 6) is 0. The molecular weight excluding hydrogens is 368 g/mol. The molecule has 0 amide bonds. The average molecular weight is 376 g/mol. The molecule has 0 aliphatic carbocycles. The molecule has 2 rings (SSSR count). The van der Waals surface area contributed by atoms with Gasteiger partial charge >= 0.3 is 0 Å². The smallest absolute Gasteiger partial charge is 0.282 e. The Morgan fingerprint density at radius 1 is 0.684 bits per heavy atom. The summed E-state index contributed by atoms with van der Waals surface area (Å²) in [7, 11) is -8.94. The monoisotopic (exact) mass is 376 g/mol. The Balaban J connectivity index is 0.00000180. The van der Waals surface area contributed by atoms with E-state index in [2.05, 4.69) is 0 Å². The molecule has 2 N–H and O–H groups in total. The quantitative estimate of drug-likeness (QED) is 0.597. The van der Waals surface area contributed by atoms with Crippen molar-refractivity contribution in [1.82, 2.24) is 0 Å². The van der Waals surface area contributed by atoms with E-state index in [0.29, 0.717) is 0 Å².